The van der Waals surface area contributed by atoms with Crippen molar-refractivity contribution >= 4 is 28.9 Å². The SMILES string of the molecule is COc1cc(C(c2ccc(Cl)s2)N2CCCCC2C(=O)O)cc(OC)c1OCc1ccccc1. The van der Waals surface area contributed by atoms with E-state index in [1.165, 1.54) is 11.3 Å². The van der Waals surface area contributed by atoms with Gasteiger partial charge in [-0.05, 0) is 54.8 Å². The molecule has 1 aliphatic rings. The molecule has 1 saturated heterocycles. The quantitative estimate of drug-likeness (QED) is 0.386. The molecule has 0 aliphatic carbocycles. The molecule has 1 N–H and O–H groups in total. The largest absolute Gasteiger partial charge is 0.493 e. The minimum absolute atomic E-state index is 0.301. The van der Waals surface area contributed by atoms with E-state index in [9.17, 15) is 9.90 Å². The highest BCUT2D eigenvalue weighted by molar-refractivity contribution is 7.16. The lowest BCUT2D eigenvalue weighted by Gasteiger charge is -2.39. The lowest BCUT2D eigenvalue weighted by Crippen LogP contribution is -2.46. The summed E-state index contributed by atoms with van der Waals surface area (Å²) in [6, 6.07) is 16.6. The first-order chi connectivity index (χ1) is 16.5. The number of piperidine rings is 1. The van der Waals surface area contributed by atoms with Crippen molar-refractivity contribution < 1.29 is 24.1 Å². The van der Waals surface area contributed by atoms with Gasteiger partial charge in [0.15, 0.2) is 11.5 Å². The van der Waals surface area contributed by atoms with Crippen molar-refractivity contribution in [2.75, 3.05) is 20.8 Å². The molecule has 3 aromatic rings. The molecular formula is C26H28ClNO5S. The minimum atomic E-state index is -0.811. The molecular weight excluding hydrogens is 474 g/mol. The number of ether oxygens (including phenoxy) is 3. The van der Waals surface area contributed by atoms with Crippen LogP contribution in [0.15, 0.2) is 54.6 Å². The molecule has 0 amide bonds. The number of carbonyl (C=O) groups is 1. The summed E-state index contributed by atoms with van der Waals surface area (Å²) in [7, 11) is 3.18. The van der Waals surface area contributed by atoms with E-state index < -0.39 is 12.0 Å². The van der Waals surface area contributed by atoms with E-state index in [4.69, 9.17) is 25.8 Å². The molecule has 2 aromatic carbocycles. The number of nitrogens with zero attached hydrogens (tertiary/aromatic N) is 1. The molecule has 8 heteroatoms. The summed E-state index contributed by atoms with van der Waals surface area (Å²) in [5.41, 5.74) is 1.90. The van der Waals surface area contributed by atoms with Gasteiger partial charge in [-0.2, -0.15) is 0 Å². The second kappa shape index (κ2) is 11.1. The smallest absolute Gasteiger partial charge is 0.320 e. The zero-order chi connectivity index (χ0) is 24.1. The zero-order valence-electron chi connectivity index (χ0n) is 19.2. The summed E-state index contributed by atoms with van der Waals surface area (Å²) in [6.07, 6.45) is 2.44. The Hall–Kier alpha value is -2.74. The van der Waals surface area contributed by atoms with Gasteiger partial charge in [-0.25, -0.2) is 0 Å². The molecule has 0 bridgehead atoms. The number of carboxylic acids is 1. The lowest BCUT2D eigenvalue weighted by atomic mass is 9.95. The zero-order valence-corrected chi connectivity index (χ0v) is 20.8. The number of benzene rings is 2. The van der Waals surface area contributed by atoms with Gasteiger partial charge < -0.3 is 19.3 Å². The maximum absolute atomic E-state index is 12.1. The van der Waals surface area contributed by atoms with Gasteiger partial charge in [-0.3, -0.25) is 9.69 Å². The van der Waals surface area contributed by atoms with Gasteiger partial charge in [-0.15, -0.1) is 11.3 Å². The van der Waals surface area contributed by atoms with Crippen molar-refractivity contribution in [1.82, 2.24) is 4.90 Å². The van der Waals surface area contributed by atoms with Crippen molar-refractivity contribution in [3.05, 3.63) is 74.9 Å². The number of carboxylic acid groups (broad SMARTS) is 1. The lowest BCUT2D eigenvalue weighted by molar-refractivity contribution is -0.145. The van der Waals surface area contributed by atoms with Crippen LogP contribution in [0.25, 0.3) is 0 Å². The second-order valence-corrected chi connectivity index (χ2v) is 9.91. The van der Waals surface area contributed by atoms with E-state index in [2.05, 4.69) is 0 Å². The average Bonchev–Trinajstić information content (AvgIpc) is 3.29. The molecule has 1 aliphatic heterocycles. The summed E-state index contributed by atoms with van der Waals surface area (Å²) in [6.45, 7) is 1.04. The summed E-state index contributed by atoms with van der Waals surface area (Å²) in [5.74, 6) is 0.756. The fourth-order valence-corrected chi connectivity index (χ4v) is 5.66. The fraction of sp³-hybridized carbons (Fsp3) is 0.346. The van der Waals surface area contributed by atoms with Crippen LogP contribution in [0.3, 0.4) is 0 Å². The van der Waals surface area contributed by atoms with Crippen LogP contribution in [0.5, 0.6) is 17.2 Å². The highest BCUT2D eigenvalue weighted by Gasteiger charge is 2.36. The Bertz CT molecular complexity index is 1090. The molecule has 0 radical (unpaired) electrons. The van der Waals surface area contributed by atoms with Crippen LogP contribution in [-0.4, -0.2) is 42.8 Å². The standard InChI is InChI=1S/C26H28ClNO5S/c1-31-20-14-18(15-21(32-2)25(20)33-16-17-8-4-3-5-9-17)24(22-11-12-23(27)34-22)28-13-7-6-10-19(28)26(29)30/h3-5,8-9,11-12,14-15,19,24H,6-7,10,13,16H2,1-2H3,(H,29,30). The molecule has 0 saturated carbocycles. The first-order valence-electron chi connectivity index (χ1n) is 11.2. The number of methoxy groups -OCH3 is 2. The van der Waals surface area contributed by atoms with Gasteiger partial charge in [-0.1, -0.05) is 48.4 Å². The van der Waals surface area contributed by atoms with E-state index in [1.807, 2.05) is 59.5 Å². The third-order valence-corrected chi connectivity index (χ3v) is 7.33. The third kappa shape index (κ3) is 5.32. The Morgan fingerprint density at radius 2 is 1.82 bits per heavy atom. The Morgan fingerprint density at radius 3 is 2.41 bits per heavy atom. The Morgan fingerprint density at radius 1 is 1.12 bits per heavy atom. The number of thiophene rings is 1. The number of likely N-dealkylation sites (tertiary alicyclic amines) is 1. The van der Waals surface area contributed by atoms with E-state index >= 15 is 0 Å². The predicted molar refractivity (Wildman–Crippen MR) is 133 cm³/mol. The molecule has 2 atom stereocenters. The number of aliphatic carboxylic acids is 1. The van der Waals surface area contributed by atoms with Gasteiger partial charge in [0.25, 0.3) is 0 Å². The average molecular weight is 502 g/mol. The summed E-state index contributed by atoms with van der Waals surface area (Å²) in [5, 5.41) is 9.95. The summed E-state index contributed by atoms with van der Waals surface area (Å²) in [4.78, 5) is 15.1. The van der Waals surface area contributed by atoms with Crippen LogP contribution in [0.4, 0.5) is 0 Å². The fourth-order valence-electron chi connectivity index (χ4n) is 4.45. The summed E-state index contributed by atoms with van der Waals surface area (Å²) >= 11 is 7.74. The molecule has 2 heterocycles. The van der Waals surface area contributed by atoms with E-state index in [-0.39, 0.29) is 6.04 Å². The molecule has 6 nitrogen and oxygen atoms in total. The second-order valence-electron chi connectivity index (χ2n) is 8.16. The number of halogens is 1. The molecule has 0 spiro atoms. The normalized spacial score (nSPS) is 17.2. The van der Waals surface area contributed by atoms with Crippen molar-refractivity contribution in [3.63, 3.8) is 0 Å². The minimum Gasteiger partial charge on any atom is -0.493 e. The first kappa shape index (κ1) is 24.4. The molecule has 34 heavy (non-hydrogen) atoms. The maximum Gasteiger partial charge on any atom is 0.320 e. The third-order valence-electron chi connectivity index (χ3n) is 6.05. The van der Waals surface area contributed by atoms with Gasteiger partial charge in [0, 0.05) is 4.88 Å². The van der Waals surface area contributed by atoms with Crippen LogP contribution < -0.4 is 14.2 Å². The first-order valence-corrected chi connectivity index (χ1v) is 12.4. The van der Waals surface area contributed by atoms with Gasteiger partial charge in [0.2, 0.25) is 5.75 Å². The Labute approximate surface area is 208 Å². The number of hydrogen-bond acceptors (Lipinski definition) is 6. The van der Waals surface area contributed by atoms with E-state index in [0.29, 0.717) is 41.2 Å². The Balaban J connectivity index is 1.76. The van der Waals surface area contributed by atoms with Crippen LogP contribution in [0.1, 0.15) is 41.3 Å². The summed E-state index contributed by atoms with van der Waals surface area (Å²) < 4.78 is 18.2. The monoisotopic (exact) mass is 501 g/mol. The van der Waals surface area contributed by atoms with E-state index in [0.717, 1.165) is 28.8 Å². The molecule has 1 aromatic heterocycles. The number of rotatable bonds is 9. The van der Waals surface area contributed by atoms with Crippen LogP contribution in [0, 0.1) is 0 Å². The van der Waals surface area contributed by atoms with Crippen LogP contribution >= 0.6 is 22.9 Å². The van der Waals surface area contributed by atoms with Crippen molar-refractivity contribution in [1.29, 1.82) is 0 Å². The van der Waals surface area contributed by atoms with Crippen molar-refractivity contribution in [2.24, 2.45) is 0 Å². The molecule has 1 fully saturated rings. The highest BCUT2D eigenvalue weighted by atomic mass is 35.5. The maximum atomic E-state index is 12.1. The molecule has 4 rings (SSSR count). The molecule has 2 unspecified atom stereocenters. The highest BCUT2D eigenvalue weighted by Crippen LogP contribution is 2.45. The van der Waals surface area contributed by atoms with Crippen molar-refractivity contribution in [2.45, 2.75) is 38.0 Å². The van der Waals surface area contributed by atoms with Crippen molar-refractivity contribution in [3.8, 4) is 17.2 Å². The van der Waals surface area contributed by atoms with Gasteiger partial charge in [0.1, 0.15) is 12.6 Å². The van der Waals surface area contributed by atoms with Crippen LogP contribution in [-0.2, 0) is 11.4 Å². The van der Waals surface area contributed by atoms with Crippen LogP contribution in [0.2, 0.25) is 4.34 Å². The van der Waals surface area contributed by atoms with Gasteiger partial charge in [0.05, 0.1) is 24.6 Å². The van der Waals surface area contributed by atoms with Gasteiger partial charge >= 0.3 is 5.97 Å². The molecule has 180 valence electrons. The topological polar surface area (TPSA) is 68.2 Å². The van der Waals surface area contributed by atoms with E-state index in [1.54, 1.807) is 14.2 Å². The Kier molecular flexibility index (Phi) is 7.98. The predicted octanol–water partition coefficient (Wildman–Crippen LogP) is 6.03. The number of hydrogen-bond donors (Lipinski definition) is 1.